The zero-order valence-electron chi connectivity index (χ0n) is 7.83. The smallest absolute Gasteiger partial charge is 0.234 e. The van der Waals surface area contributed by atoms with Gasteiger partial charge in [-0.2, -0.15) is 0 Å². The van der Waals surface area contributed by atoms with Crippen molar-refractivity contribution in [1.82, 2.24) is 0 Å². The molecule has 1 aromatic rings. The van der Waals surface area contributed by atoms with Crippen LogP contribution in [0.2, 0.25) is 0 Å². The van der Waals surface area contributed by atoms with Crippen molar-refractivity contribution in [3.8, 4) is 11.5 Å². The van der Waals surface area contributed by atoms with Crippen LogP contribution in [0.4, 0.5) is 0 Å². The van der Waals surface area contributed by atoms with Crippen LogP contribution in [0.5, 0.6) is 11.5 Å². The van der Waals surface area contributed by atoms with Crippen LogP contribution in [0, 0.1) is 10.1 Å². The molecule has 1 heterocycles. The summed E-state index contributed by atoms with van der Waals surface area (Å²) in [5.41, 5.74) is 0. The van der Waals surface area contributed by atoms with Crippen LogP contribution in [0.15, 0.2) is 36.5 Å². The van der Waals surface area contributed by atoms with Crippen LogP contribution in [0.3, 0.4) is 0 Å². The Morgan fingerprint density at radius 1 is 1.40 bits per heavy atom. The first-order chi connectivity index (χ1) is 7.25. The molecule has 1 unspecified atom stereocenters. The van der Waals surface area contributed by atoms with Crippen LogP contribution >= 0.6 is 0 Å². The Morgan fingerprint density at radius 3 is 2.87 bits per heavy atom. The number of benzene rings is 1. The Bertz CT molecular complexity index is 402. The van der Waals surface area contributed by atoms with E-state index in [1.165, 1.54) is 6.08 Å². The number of rotatable bonds is 2. The zero-order valence-corrected chi connectivity index (χ0v) is 7.83. The van der Waals surface area contributed by atoms with E-state index in [0.29, 0.717) is 18.1 Å². The minimum Gasteiger partial charge on any atom is -0.485 e. The summed E-state index contributed by atoms with van der Waals surface area (Å²) in [5.74, 6) is 1.28. The van der Waals surface area contributed by atoms with E-state index in [0.717, 1.165) is 6.20 Å². The first kappa shape index (κ1) is 9.51. The molecule has 1 atom stereocenters. The number of nitrogens with zero attached hydrogens (tertiary/aromatic N) is 1. The molecular formula is C10H9NO4. The summed E-state index contributed by atoms with van der Waals surface area (Å²) in [4.78, 5) is 9.59. The van der Waals surface area contributed by atoms with E-state index in [1.807, 2.05) is 12.1 Å². The van der Waals surface area contributed by atoms with E-state index in [4.69, 9.17) is 9.47 Å². The average molecular weight is 207 g/mol. The molecule has 0 radical (unpaired) electrons. The summed E-state index contributed by atoms with van der Waals surface area (Å²) < 4.78 is 10.8. The van der Waals surface area contributed by atoms with Crippen molar-refractivity contribution in [2.24, 2.45) is 0 Å². The normalized spacial score (nSPS) is 19.1. The number of para-hydroxylation sites is 2. The monoisotopic (exact) mass is 207 g/mol. The summed E-state index contributed by atoms with van der Waals surface area (Å²) in [6.45, 7) is 0.293. The van der Waals surface area contributed by atoms with Gasteiger partial charge in [0, 0.05) is 6.08 Å². The van der Waals surface area contributed by atoms with Crippen molar-refractivity contribution >= 4 is 0 Å². The maximum absolute atomic E-state index is 10.1. The summed E-state index contributed by atoms with van der Waals surface area (Å²) in [7, 11) is 0. The van der Waals surface area contributed by atoms with E-state index in [-0.39, 0.29) is 0 Å². The summed E-state index contributed by atoms with van der Waals surface area (Å²) >= 11 is 0. The van der Waals surface area contributed by atoms with Crippen molar-refractivity contribution in [2.45, 2.75) is 6.10 Å². The van der Waals surface area contributed by atoms with E-state index in [1.54, 1.807) is 12.1 Å². The Morgan fingerprint density at radius 2 is 2.13 bits per heavy atom. The predicted molar refractivity (Wildman–Crippen MR) is 52.5 cm³/mol. The SMILES string of the molecule is O=[N+]([O-])C=CC1COc2ccccc2O1. The Balaban J connectivity index is 2.09. The fraction of sp³-hybridized carbons (Fsp3) is 0.200. The molecule has 0 fully saturated rings. The first-order valence-electron chi connectivity index (χ1n) is 4.46. The molecule has 0 amide bonds. The summed E-state index contributed by atoms with van der Waals surface area (Å²) in [6, 6.07) is 7.22. The lowest BCUT2D eigenvalue weighted by Crippen LogP contribution is -2.27. The second kappa shape index (κ2) is 4.00. The molecule has 1 aliphatic rings. The summed E-state index contributed by atoms with van der Waals surface area (Å²) in [6.07, 6.45) is 1.84. The standard InChI is InChI=1S/C10H9NO4/c12-11(13)6-5-8-7-14-9-3-1-2-4-10(9)15-8/h1-6,8H,7H2. The molecule has 5 heteroatoms. The maximum Gasteiger partial charge on any atom is 0.234 e. The van der Waals surface area contributed by atoms with Gasteiger partial charge >= 0.3 is 0 Å². The second-order valence-corrected chi connectivity index (χ2v) is 3.04. The molecule has 0 aliphatic carbocycles. The minimum atomic E-state index is -0.524. The lowest BCUT2D eigenvalue weighted by Gasteiger charge is -2.23. The highest BCUT2D eigenvalue weighted by Crippen LogP contribution is 2.30. The van der Waals surface area contributed by atoms with Gasteiger partial charge < -0.3 is 9.47 Å². The molecule has 1 aromatic carbocycles. The third-order valence-corrected chi connectivity index (χ3v) is 1.95. The molecule has 0 saturated heterocycles. The van der Waals surface area contributed by atoms with E-state index < -0.39 is 11.0 Å². The number of hydrogen-bond donors (Lipinski definition) is 0. The lowest BCUT2D eigenvalue weighted by atomic mass is 10.2. The van der Waals surface area contributed by atoms with Crippen molar-refractivity contribution in [3.63, 3.8) is 0 Å². The van der Waals surface area contributed by atoms with Gasteiger partial charge in [-0.1, -0.05) is 12.1 Å². The third kappa shape index (κ3) is 2.25. The predicted octanol–water partition coefficient (Wildman–Crippen LogP) is 1.62. The van der Waals surface area contributed by atoms with Gasteiger partial charge in [-0.05, 0) is 12.1 Å². The largest absolute Gasteiger partial charge is 0.485 e. The highest BCUT2D eigenvalue weighted by molar-refractivity contribution is 5.41. The summed E-state index contributed by atoms with van der Waals surface area (Å²) in [5, 5.41) is 10.1. The lowest BCUT2D eigenvalue weighted by molar-refractivity contribution is -0.402. The molecule has 2 rings (SSSR count). The van der Waals surface area contributed by atoms with Gasteiger partial charge in [-0.25, -0.2) is 0 Å². The highest BCUT2D eigenvalue weighted by Gasteiger charge is 2.18. The van der Waals surface area contributed by atoms with Gasteiger partial charge in [-0.3, -0.25) is 10.1 Å². The van der Waals surface area contributed by atoms with Crippen molar-refractivity contribution in [2.75, 3.05) is 6.61 Å². The highest BCUT2D eigenvalue weighted by atomic mass is 16.6. The molecule has 0 aromatic heterocycles. The number of nitro groups is 1. The Kier molecular flexibility index (Phi) is 2.53. The molecule has 15 heavy (non-hydrogen) atoms. The van der Waals surface area contributed by atoms with Gasteiger partial charge in [0.25, 0.3) is 0 Å². The zero-order chi connectivity index (χ0) is 10.7. The van der Waals surface area contributed by atoms with E-state index in [9.17, 15) is 10.1 Å². The molecule has 0 saturated carbocycles. The van der Waals surface area contributed by atoms with Gasteiger partial charge in [-0.15, -0.1) is 0 Å². The molecule has 78 valence electrons. The van der Waals surface area contributed by atoms with Crippen LogP contribution in [0.25, 0.3) is 0 Å². The molecule has 0 N–H and O–H groups in total. The van der Waals surface area contributed by atoms with Crippen molar-refractivity contribution < 1.29 is 14.4 Å². The molecular weight excluding hydrogens is 198 g/mol. The van der Waals surface area contributed by atoms with Gasteiger partial charge in [0.1, 0.15) is 6.61 Å². The fourth-order valence-electron chi connectivity index (χ4n) is 1.30. The van der Waals surface area contributed by atoms with Crippen molar-refractivity contribution in [1.29, 1.82) is 0 Å². The quantitative estimate of drug-likeness (QED) is 0.546. The van der Waals surface area contributed by atoms with E-state index >= 15 is 0 Å². The molecule has 5 nitrogen and oxygen atoms in total. The van der Waals surface area contributed by atoms with Gasteiger partial charge in [0.2, 0.25) is 6.20 Å². The van der Waals surface area contributed by atoms with Gasteiger partial charge in [0.05, 0.1) is 4.92 Å². The topological polar surface area (TPSA) is 61.6 Å². The second-order valence-electron chi connectivity index (χ2n) is 3.04. The minimum absolute atomic E-state index is 0.293. The number of ether oxygens (including phenoxy) is 2. The fourth-order valence-corrected chi connectivity index (χ4v) is 1.30. The van der Waals surface area contributed by atoms with Crippen LogP contribution < -0.4 is 9.47 Å². The maximum atomic E-state index is 10.1. The van der Waals surface area contributed by atoms with Crippen LogP contribution in [0.1, 0.15) is 0 Å². The average Bonchev–Trinajstić information content (AvgIpc) is 2.26. The Labute approximate surface area is 86.1 Å². The van der Waals surface area contributed by atoms with Gasteiger partial charge in [0.15, 0.2) is 17.6 Å². The van der Waals surface area contributed by atoms with Crippen LogP contribution in [-0.4, -0.2) is 17.6 Å². The molecule has 1 aliphatic heterocycles. The molecule has 0 bridgehead atoms. The van der Waals surface area contributed by atoms with E-state index in [2.05, 4.69) is 0 Å². The van der Waals surface area contributed by atoms with Crippen LogP contribution in [-0.2, 0) is 0 Å². The first-order valence-corrected chi connectivity index (χ1v) is 4.46. The number of hydrogen-bond acceptors (Lipinski definition) is 4. The third-order valence-electron chi connectivity index (χ3n) is 1.95. The van der Waals surface area contributed by atoms with Crippen molar-refractivity contribution in [3.05, 3.63) is 46.7 Å². The Hall–Kier alpha value is -2.04. The number of fused-ring (bicyclic) bond motifs is 1. The molecule has 0 spiro atoms.